The van der Waals surface area contributed by atoms with E-state index in [1.54, 1.807) is 0 Å². The second kappa shape index (κ2) is 4.85. The van der Waals surface area contributed by atoms with Crippen molar-refractivity contribution in [3.05, 3.63) is 11.6 Å². The van der Waals surface area contributed by atoms with E-state index in [9.17, 15) is 0 Å². The first kappa shape index (κ1) is 7.70. The maximum atomic E-state index is 3.23. The van der Waals surface area contributed by atoms with Crippen LogP contribution < -0.4 is 5.32 Å². The van der Waals surface area contributed by atoms with Crippen molar-refractivity contribution < 1.29 is 0 Å². The summed E-state index contributed by atoms with van der Waals surface area (Å²) >= 11 is 0. The van der Waals surface area contributed by atoms with Gasteiger partial charge in [-0.05, 0) is 20.4 Å². The van der Waals surface area contributed by atoms with Gasteiger partial charge in [0.25, 0.3) is 0 Å². The molecule has 0 atom stereocenters. The van der Waals surface area contributed by atoms with Crippen molar-refractivity contribution in [3.63, 3.8) is 0 Å². The summed E-state index contributed by atoms with van der Waals surface area (Å²) in [6.45, 7) is 8.40. The van der Waals surface area contributed by atoms with E-state index in [0.717, 1.165) is 13.1 Å². The van der Waals surface area contributed by atoms with Gasteiger partial charge in [-0.1, -0.05) is 18.6 Å². The van der Waals surface area contributed by atoms with Crippen LogP contribution >= 0.6 is 0 Å². The van der Waals surface area contributed by atoms with E-state index in [4.69, 9.17) is 0 Å². The minimum atomic E-state index is 1.03. The van der Waals surface area contributed by atoms with Crippen LogP contribution in [-0.4, -0.2) is 13.1 Å². The molecular formula is C7H15N. The molecular weight excluding hydrogens is 98.1 g/mol. The van der Waals surface area contributed by atoms with Gasteiger partial charge in [-0.3, -0.25) is 0 Å². The van der Waals surface area contributed by atoms with Crippen LogP contribution in [0.25, 0.3) is 0 Å². The molecule has 0 amide bonds. The van der Waals surface area contributed by atoms with Crippen molar-refractivity contribution in [2.75, 3.05) is 13.1 Å². The normalized spacial score (nSPS) is 12.1. The van der Waals surface area contributed by atoms with E-state index < -0.39 is 0 Å². The molecule has 0 saturated heterocycles. The summed E-state index contributed by atoms with van der Waals surface area (Å²) in [5, 5.41) is 3.23. The molecule has 0 heterocycles. The summed E-state index contributed by atoms with van der Waals surface area (Å²) in [4.78, 5) is 0. The van der Waals surface area contributed by atoms with Gasteiger partial charge in [0.05, 0.1) is 0 Å². The van der Waals surface area contributed by atoms with E-state index in [1.807, 2.05) is 0 Å². The maximum Gasteiger partial charge on any atom is 0.0161 e. The van der Waals surface area contributed by atoms with Crippen LogP contribution in [0.2, 0.25) is 0 Å². The summed E-state index contributed by atoms with van der Waals surface area (Å²) in [5.41, 5.74) is 1.41. The van der Waals surface area contributed by atoms with E-state index >= 15 is 0 Å². The number of nitrogens with one attached hydrogen (secondary N) is 1. The molecule has 0 saturated carbocycles. The second-order valence-corrected chi connectivity index (χ2v) is 1.92. The molecule has 0 radical (unpaired) electrons. The van der Waals surface area contributed by atoms with Gasteiger partial charge in [-0.25, -0.2) is 0 Å². The Morgan fingerprint density at radius 1 is 1.62 bits per heavy atom. The Balaban J connectivity index is 3.12. The van der Waals surface area contributed by atoms with Crippen LogP contribution in [0.5, 0.6) is 0 Å². The molecule has 0 aliphatic heterocycles. The summed E-state index contributed by atoms with van der Waals surface area (Å²) in [7, 11) is 0. The average Bonchev–Trinajstić information content (AvgIpc) is 1.83. The number of allylic oxidation sites excluding steroid dienone is 1. The number of likely N-dealkylation sites (N-methyl/N-ethyl adjacent to an activating group) is 1. The van der Waals surface area contributed by atoms with Crippen LogP contribution in [0.1, 0.15) is 20.8 Å². The molecule has 1 N–H and O–H groups in total. The van der Waals surface area contributed by atoms with Crippen LogP contribution in [-0.2, 0) is 0 Å². The number of hydrogen-bond donors (Lipinski definition) is 1. The lowest BCUT2D eigenvalue weighted by molar-refractivity contribution is 0.775. The van der Waals surface area contributed by atoms with Gasteiger partial charge in [-0.15, -0.1) is 0 Å². The Labute approximate surface area is 51.8 Å². The molecule has 48 valence electrons. The van der Waals surface area contributed by atoms with Gasteiger partial charge in [0, 0.05) is 6.54 Å². The van der Waals surface area contributed by atoms with Gasteiger partial charge in [0.1, 0.15) is 0 Å². The first-order valence-corrected chi connectivity index (χ1v) is 3.13. The third kappa shape index (κ3) is 3.88. The molecule has 0 bridgehead atoms. The van der Waals surface area contributed by atoms with Crippen molar-refractivity contribution in [1.82, 2.24) is 5.32 Å². The molecule has 8 heavy (non-hydrogen) atoms. The molecule has 0 rings (SSSR count). The SMILES string of the molecule is C/C=C(/C)CNCC. The highest BCUT2D eigenvalue weighted by atomic mass is 14.8. The molecule has 1 heteroatoms. The topological polar surface area (TPSA) is 12.0 Å². The van der Waals surface area contributed by atoms with Gasteiger partial charge in [0.2, 0.25) is 0 Å². The first-order valence-electron chi connectivity index (χ1n) is 3.13. The van der Waals surface area contributed by atoms with Crippen LogP contribution in [0.4, 0.5) is 0 Å². The maximum absolute atomic E-state index is 3.23. The fourth-order valence-corrected chi connectivity index (χ4v) is 0.424. The van der Waals surface area contributed by atoms with Gasteiger partial charge in [0.15, 0.2) is 0 Å². The fourth-order valence-electron chi connectivity index (χ4n) is 0.424. The minimum absolute atomic E-state index is 1.03. The third-order valence-electron chi connectivity index (χ3n) is 1.15. The Morgan fingerprint density at radius 2 is 2.25 bits per heavy atom. The van der Waals surface area contributed by atoms with Crippen molar-refractivity contribution in [2.24, 2.45) is 0 Å². The number of hydrogen-bond acceptors (Lipinski definition) is 1. The Morgan fingerprint density at radius 3 is 2.62 bits per heavy atom. The molecule has 0 unspecified atom stereocenters. The zero-order chi connectivity index (χ0) is 6.41. The van der Waals surface area contributed by atoms with Crippen molar-refractivity contribution in [1.29, 1.82) is 0 Å². The summed E-state index contributed by atoms with van der Waals surface area (Å²) in [5.74, 6) is 0. The van der Waals surface area contributed by atoms with Crippen molar-refractivity contribution in [3.8, 4) is 0 Å². The third-order valence-corrected chi connectivity index (χ3v) is 1.15. The molecule has 0 aromatic rings. The van der Waals surface area contributed by atoms with Crippen LogP contribution in [0.3, 0.4) is 0 Å². The molecule has 0 fully saturated rings. The van der Waals surface area contributed by atoms with Crippen molar-refractivity contribution in [2.45, 2.75) is 20.8 Å². The molecule has 0 spiro atoms. The lowest BCUT2D eigenvalue weighted by atomic mass is 10.3. The molecule has 0 aliphatic carbocycles. The fraction of sp³-hybridized carbons (Fsp3) is 0.714. The summed E-state index contributed by atoms with van der Waals surface area (Å²) in [6.07, 6.45) is 2.13. The standard InChI is InChI=1S/C7H15N/c1-4-7(3)6-8-5-2/h4,8H,5-6H2,1-3H3/b7-4-. The van der Waals surface area contributed by atoms with Crippen LogP contribution in [0.15, 0.2) is 11.6 Å². The van der Waals surface area contributed by atoms with Gasteiger partial charge >= 0.3 is 0 Å². The zero-order valence-electron chi connectivity index (χ0n) is 5.99. The van der Waals surface area contributed by atoms with Gasteiger partial charge < -0.3 is 5.32 Å². The van der Waals surface area contributed by atoms with Gasteiger partial charge in [-0.2, -0.15) is 0 Å². The zero-order valence-corrected chi connectivity index (χ0v) is 5.99. The molecule has 0 aromatic heterocycles. The lowest BCUT2D eigenvalue weighted by Gasteiger charge is -1.98. The second-order valence-electron chi connectivity index (χ2n) is 1.92. The largest absolute Gasteiger partial charge is 0.313 e. The molecule has 0 aromatic carbocycles. The first-order chi connectivity index (χ1) is 3.81. The lowest BCUT2D eigenvalue weighted by Crippen LogP contribution is -2.14. The van der Waals surface area contributed by atoms with E-state index in [2.05, 4.69) is 32.2 Å². The van der Waals surface area contributed by atoms with E-state index in [1.165, 1.54) is 5.57 Å². The monoisotopic (exact) mass is 113 g/mol. The van der Waals surface area contributed by atoms with E-state index in [0.29, 0.717) is 0 Å². The minimum Gasteiger partial charge on any atom is -0.313 e. The Bertz CT molecular complexity index is 74.5. The number of rotatable bonds is 3. The highest BCUT2D eigenvalue weighted by molar-refractivity contribution is 4.97. The smallest absolute Gasteiger partial charge is 0.0161 e. The van der Waals surface area contributed by atoms with E-state index in [-0.39, 0.29) is 0 Å². The average molecular weight is 113 g/mol. The summed E-state index contributed by atoms with van der Waals surface area (Å²) < 4.78 is 0. The molecule has 1 nitrogen and oxygen atoms in total. The Kier molecular flexibility index (Phi) is 4.67. The highest BCUT2D eigenvalue weighted by Crippen LogP contribution is 1.85. The molecule has 0 aliphatic rings. The van der Waals surface area contributed by atoms with Crippen LogP contribution in [0, 0.1) is 0 Å². The predicted molar refractivity (Wildman–Crippen MR) is 38.0 cm³/mol. The Hall–Kier alpha value is -0.300. The predicted octanol–water partition coefficient (Wildman–Crippen LogP) is 1.56. The van der Waals surface area contributed by atoms with Crippen molar-refractivity contribution >= 4 is 0 Å². The highest BCUT2D eigenvalue weighted by Gasteiger charge is 1.81. The summed E-state index contributed by atoms with van der Waals surface area (Å²) in [6, 6.07) is 0. The quantitative estimate of drug-likeness (QED) is 0.548.